The highest BCUT2D eigenvalue weighted by molar-refractivity contribution is 6.67. The van der Waals surface area contributed by atoms with E-state index in [2.05, 4.69) is 13.5 Å². The van der Waals surface area contributed by atoms with Crippen molar-refractivity contribution < 1.29 is 26.9 Å². The number of fused-ring (bicyclic) bond motifs is 1. The molecule has 0 bridgehead atoms. The third-order valence-corrected chi connectivity index (χ3v) is 9.70. The summed E-state index contributed by atoms with van der Waals surface area (Å²) in [6.07, 6.45) is 1.07. The zero-order valence-corrected chi connectivity index (χ0v) is 17.2. The Morgan fingerprint density at radius 3 is 2.50 bits per heavy atom. The maximum atomic E-state index is 6.13. The molecule has 0 aliphatic carbocycles. The van der Waals surface area contributed by atoms with E-state index < -0.39 is 17.4 Å². The Hall–Kier alpha value is -0.906. The molecule has 8 heteroatoms. The highest BCUT2D eigenvalue weighted by Crippen LogP contribution is 2.34. The fourth-order valence-corrected chi connectivity index (χ4v) is 6.58. The van der Waals surface area contributed by atoms with E-state index in [9.17, 15) is 0 Å². The van der Waals surface area contributed by atoms with Gasteiger partial charge in [0.2, 0.25) is 0 Å². The van der Waals surface area contributed by atoms with Crippen molar-refractivity contribution in [1.82, 2.24) is 0 Å². The van der Waals surface area contributed by atoms with E-state index in [-0.39, 0.29) is 0 Å². The minimum atomic E-state index is -2.60. The Labute approximate surface area is 146 Å². The first-order valence-electron chi connectivity index (χ1n) is 8.24. The number of benzene rings is 1. The molecule has 0 saturated carbocycles. The molecule has 1 aliphatic rings. The summed E-state index contributed by atoms with van der Waals surface area (Å²) in [4.78, 5) is 0. The van der Waals surface area contributed by atoms with Gasteiger partial charge < -0.3 is 26.9 Å². The Morgan fingerprint density at radius 1 is 1.17 bits per heavy atom. The molecule has 2 rings (SSSR count). The predicted octanol–water partition coefficient (Wildman–Crippen LogP) is 3.33. The lowest BCUT2D eigenvalue weighted by Gasteiger charge is -2.33. The molecule has 0 radical (unpaired) electrons. The lowest BCUT2D eigenvalue weighted by Crippen LogP contribution is -2.44. The van der Waals surface area contributed by atoms with Crippen molar-refractivity contribution >= 4 is 17.4 Å². The fourth-order valence-electron chi connectivity index (χ4n) is 2.78. The van der Waals surface area contributed by atoms with Crippen LogP contribution in [0.4, 0.5) is 0 Å². The van der Waals surface area contributed by atoms with Crippen molar-refractivity contribution in [2.24, 2.45) is 0 Å². The molecule has 1 aromatic rings. The van der Waals surface area contributed by atoms with E-state index >= 15 is 0 Å². The monoisotopic (exact) mass is 372 g/mol. The Bertz CT molecular complexity index is 529. The first-order chi connectivity index (χ1) is 11.5. The molecule has 1 aliphatic heterocycles. The van der Waals surface area contributed by atoms with Crippen LogP contribution < -0.4 is 9.16 Å². The second-order valence-corrected chi connectivity index (χ2v) is 12.3. The highest BCUT2D eigenvalue weighted by Gasteiger charge is 2.38. The van der Waals surface area contributed by atoms with Crippen LogP contribution >= 0.6 is 0 Å². The third kappa shape index (κ3) is 4.59. The molecule has 1 heterocycles. The van der Waals surface area contributed by atoms with E-state index in [0.29, 0.717) is 19.3 Å². The van der Waals surface area contributed by atoms with Gasteiger partial charge in [-0.2, -0.15) is 0 Å². The van der Waals surface area contributed by atoms with Crippen molar-refractivity contribution in [3.8, 4) is 11.5 Å². The van der Waals surface area contributed by atoms with Crippen molar-refractivity contribution in [2.75, 3.05) is 27.9 Å². The van der Waals surface area contributed by atoms with Gasteiger partial charge in [-0.05, 0) is 24.7 Å². The van der Waals surface area contributed by atoms with Gasteiger partial charge in [0.25, 0.3) is 0 Å². The Kier molecular flexibility index (Phi) is 6.84. The van der Waals surface area contributed by atoms with Crippen LogP contribution in [0.1, 0.15) is 18.9 Å². The second-order valence-electron chi connectivity index (χ2n) is 5.94. The molecule has 0 saturated heterocycles. The van der Waals surface area contributed by atoms with Gasteiger partial charge in [-0.3, -0.25) is 0 Å². The van der Waals surface area contributed by atoms with Crippen molar-refractivity contribution in [3.05, 3.63) is 23.8 Å². The minimum Gasteiger partial charge on any atom is -0.520 e. The molecule has 136 valence electrons. The topological polar surface area (TPSA) is 55.4 Å². The van der Waals surface area contributed by atoms with Crippen LogP contribution in [0.2, 0.25) is 18.6 Å². The van der Waals surface area contributed by atoms with Crippen LogP contribution in [0.15, 0.2) is 18.2 Å². The summed E-state index contributed by atoms with van der Waals surface area (Å²) in [5.74, 6) is 1.71. The Balaban J connectivity index is 1.95. The zero-order chi connectivity index (χ0) is 17.6. The Morgan fingerprint density at radius 2 is 1.88 bits per heavy atom. The standard InChI is InChI=1S/C16H28O6Si2/c1-6-10-23(5)21-13-14-12-15(7-8-16(14)22-23)20-9-11-24(17-2,18-3)19-4/h7-8,12H,6,9-11,13H2,1-5H3. The molecule has 1 aromatic carbocycles. The molecule has 24 heavy (non-hydrogen) atoms. The van der Waals surface area contributed by atoms with Gasteiger partial charge in [0.15, 0.2) is 0 Å². The lowest BCUT2D eigenvalue weighted by atomic mass is 10.2. The van der Waals surface area contributed by atoms with Gasteiger partial charge in [0.05, 0.1) is 19.3 Å². The predicted molar refractivity (Wildman–Crippen MR) is 95.7 cm³/mol. The molecule has 6 nitrogen and oxygen atoms in total. The third-order valence-electron chi connectivity index (χ3n) is 4.20. The van der Waals surface area contributed by atoms with Crippen LogP contribution in [0.3, 0.4) is 0 Å². The SMILES string of the molecule is CCC[Si]1(C)OCc2cc(OCC[Si](OC)(OC)OC)ccc2O1. The van der Waals surface area contributed by atoms with Crippen molar-refractivity contribution in [2.45, 2.75) is 38.6 Å². The molecule has 0 aromatic heterocycles. The van der Waals surface area contributed by atoms with Crippen LogP contribution in [0, 0.1) is 0 Å². The highest BCUT2D eigenvalue weighted by atomic mass is 28.4. The normalized spacial score (nSPS) is 20.4. The number of hydrogen-bond donors (Lipinski definition) is 0. The maximum Gasteiger partial charge on any atom is 0.503 e. The largest absolute Gasteiger partial charge is 0.520 e. The number of rotatable bonds is 9. The maximum absolute atomic E-state index is 6.13. The lowest BCUT2D eigenvalue weighted by molar-refractivity contribution is 0.117. The zero-order valence-electron chi connectivity index (χ0n) is 15.2. The van der Waals surface area contributed by atoms with Crippen molar-refractivity contribution in [3.63, 3.8) is 0 Å². The van der Waals surface area contributed by atoms with Gasteiger partial charge in [0, 0.05) is 32.9 Å². The summed E-state index contributed by atoms with van der Waals surface area (Å²) in [7, 11) is 0.152. The molecular formula is C16H28O6Si2. The first-order valence-corrected chi connectivity index (χ1v) is 12.7. The van der Waals surface area contributed by atoms with Crippen LogP contribution in [0.5, 0.6) is 11.5 Å². The average Bonchev–Trinajstić information content (AvgIpc) is 2.59. The van der Waals surface area contributed by atoms with Gasteiger partial charge in [0.1, 0.15) is 11.5 Å². The van der Waals surface area contributed by atoms with E-state index in [0.717, 1.165) is 29.5 Å². The molecule has 0 amide bonds. The van der Waals surface area contributed by atoms with E-state index in [1.165, 1.54) is 0 Å². The van der Waals surface area contributed by atoms with E-state index in [1.54, 1.807) is 21.3 Å². The van der Waals surface area contributed by atoms with E-state index in [1.807, 2.05) is 18.2 Å². The average molecular weight is 373 g/mol. The second kappa shape index (κ2) is 8.46. The molecule has 1 atom stereocenters. The summed E-state index contributed by atoms with van der Waals surface area (Å²) in [5, 5.41) is 0. The summed E-state index contributed by atoms with van der Waals surface area (Å²) in [6.45, 7) is 5.32. The summed E-state index contributed by atoms with van der Waals surface area (Å²) in [6, 6.07) is 7.47. The molecule has 0 fully saturated rings. The van der Waals surface area contributed by atoms with Crippen LogP contribution in [0.25, 0.3) is 0 Å². The van der Waals surface area contributed by atoms with Gasteiger partial charge in [-0.25, -0.2) is 0 Å². The van der Waals surface area contributed by atoms with Crippen LogP contribution in [-0.2, 0) is 24.3 Å². The molecule has 1 unspecified atom stereocenters. The number of ether oxygens (including phenoxy) is 1. The molecule has 0 N–H and O–H groups in total. The number of hydrogen-bond acceptors (Lipinski definition) is 6. The fraction of sp³-hybridized carbons (Fsp3) is 0.625. The van der Waals surface area contributed by atoms with Gasteiger partial charge in [-0.15, -0.1) is 0 Å². The van der Waals surface area contributed by atoms with Crippen LogP contribution in [-0.4, -0.2) is 45.3 Å². The summed E-state index contributed by atoms with van der Waals surface area (Å²) >= 11 is 0. The minimum absolute atomic E-state index is 0.463. The molecule has 0 spiro atoms. The van der Waals surface area contributed by atoms with Crippen molar-refractivity contribution in [1.29, 1.82) is 0 Å². The molecular weight excluding hydrogens is 344 g/mol. The quantitative estimate of drug-likeness (QED) is 0.620. The first kappa shape index (κ1) is 19.4. The summed E-state index contributed by atoms with van der Waals surface area (Å²) in [5.41, 5.74) is 1.03. The smallest absolute Gasteiger partial charge is 0.503 e. The summed E-state index contributed by atoms with van der Waals surface area (Å²) < 4.78 is 34.1. The van der Waals surface area contributed by atoms with Gasteiger partial charge >= 0.3 is 17.4 Å². The van der Waals surface area contributed by atoms with E-state index in [4.69, 9.17) is 26.9 Å². The van der Waals surface area contributed by atoms with Gasteiger partial charge in [-0.1, -0.05) is 13.3 Å².